The van der Waals surface area contributed by atoms with Gasteiger partial charge in [0.25, 0.3) is 10.0 Å². The van der Waals surface area contributed by atoms with E-state index in [9.17, 15) is 13.2 Å². The van der Waals surface area contributed by atoms with E-state index < -0.39 is 10.0 Å². The normalized spacial score (nSPS) is 11.1. The van der Waals surface area contributed by atoms with Gasteiger partial charge in [-0.05, 0) is 53.9 Å². The van der Waals surface area contributed by atoms with Gasteiger partial charge in [-0.2, -0.15) is 0 Å². The van der Waals surface area contributed by atoms with Crippen LogP contribution in [-0.4, -0.2) is 27.2 Å². The van der Waals surface area contributed by atoms with Gasteiger partial charge in [-0.3, -0.25) is 9.52 Å². The first-order valence-corrected chi connectivity index (χ1v) is 12.0. The zero-order valence-electron chi connectivity index (χ0n) is 15.2. The summed E-state index contributed by atoms with van der Waals surface area (Å²) >= 11 is 8.54. The van der Waals surface area contributed by atoms with E-state index in [-0.39, 0.29) is 15.9 Å². The number of anilines is 2. The number of hydrogen-bond acceptors (Lipinski definition) is 6. The van der Waals surface area contributed by atoms with Gasteiger partial charge in [0.2, 0.25) is 5.91 Å². The van der Waals surface area contributed by atoms with E-state index in [2.05, 4.69) is 10.0 Å². The van der Waals surface area contributed by atoms with Gasteiger partial charge in [-0.1, -0.05) is 17.7 Å². The highest BCUT2D eigenvalue weighted by atomic mass is 35.5. The molecule has 0 bridgehead atoms. The molecule has 0 spiro atoms. The summed E-state index contributed by atoms with van der Waals surface area (Å²) in [5.74, 6) is 0.553. The van der Waals surface area contributed by atoms with Crippen LogP contribution in [0.5, 0.6) is 5.75 Å². The molecule has 0 unspecified atom stereocenters. The monoisotopic (exact) mass is 468 g/mol. The predicted molar refractivity (Wildman–Crippen MR) is 119 cm³/mol. The van der Waals surface area contributed by atoms with E-state index in [4.69, 9.17) is 16.3 Å². The van der Waals surface area contributed by atoms with Crippen molar-refractivity contribution in [2.24, 2.45) is 0 Å². The molecule has 0 atom stereocenters. The topological polar surface area (TPSA) is 84.5 Å². The third-order valence-corrected chi connectivity index (χ3v) is 7.76. The summed E-state index contributed by atoms with van der Waals surface area (Å²) in [5, 5.41) is 4.89. The van der Waals surface area contributed by atoms with E-state index in [1.807, 2.05) is 0 Å². The van der Waals surface area contributed by atoms with E-state index in [0.717, 1.165) is 16.2 Å². The summed E-state index contributed by atoms with van der Waals surface area (Å²) in [4.78, 5) is 13.0. The second-order valence-corrected chi connectivity index (χ2v) is 10.1. The van der Waals surface area contributed by atoms with Crippen molar-refractivity contribution in [1.29, 1.82) is 0 Å². The lowest BCUT2D eigenvalue weighted by Crippen LogP contribution is -2.14. The van der Waals surface area contributed by atoms with Crippen LogP contribution in [0.15, 0.2) is 69.1 Å². The van der Waals surface area contributed by atoms with Gasteiger partial charge in [0.15, 0.2) is 0 Å². The van der Waals surface area contributed by atoms with Crippen LogP contribution < -0.4 is 14.8 Å². The Balaban J connectivity index is 1.53. The minimum absolute atomic E-state index is 0.182. The SMILES string of the molecule is COc1ccc(NC(=O)CSc2ccc(NS(=O)(=O)c3cccs3)cc2)cc1Cl. The second kappa shape index (κ2) is 9.53. The Hall–Kier alpha value is -2.20. The molecule has 152 valence electrons. The number of sulfonamides is 1. The third-order valence-electron chi connectivity index (χ3n) is 3.67. The van der Waals surface area contributed by atoms with Crippen LogP contribution in [0, 0.1) is 0 Å². The number of benzene rings is 2. The lowest BCUT2D eigenvalue weighted by molar-refractivity contribution is -0.113. The first kappa shape index (κ1) is 21.5. The number of methoxy groups -OCH3 is 1. The Morgan fingerprint density at radius 3 is 2.48 bits per heavy atom. The Morgan fingerprint density at radius 1 is 1.14 bits per heavy atom. The molecule has 0 aliphatic rings. The third kappa shape index (κ3) is 5.89. The molecule has 2 N–H and O–H groups in total. The van der Waals surface area contributed by atoms with E-state index in [1.165, 1.54) is 18.9 Å². The Labute approximate surface area is 182 Å². The van der Waals surface area contributed by atoms with Gasteiger partial charge in [0, 0.05) is 16.3 Å². The summed E-state index contributed by atoms with van der Waals surface area (Å²) in [5.41, 5.74) is 1.04. The van der Waals surface area contributed by atoms with Crippen LogP contribution in [0.3, 0.4) is 0 Å². The van der Waals surface area contributed by atoms with Gasteiger partial charge in [-0.25, -0.2) is 8.42 Å². The molecule has 1 aromatic heterocycles. The fourth-order valence-electron chi connectivity index (χ4n) is 2.33. The molecular weight excluding hydrogens is 452 g/mol. The molecule has 0 radical (unpaired) electrons. The molecule has 2 aromatic carbocycles. The standard InChI is InChI=1S/C19H17ClN2O4S3/c1-26-17-9-6-14(11-16(17)20)21-18(23)12-28-15-7-4-13(5-8-15)22-29(24,25)19-3-2-10-27-19/h2-11,22H,12H2,1H3,(H,21,23). The average molecular weight is 469 g/mol. The molecule has 3 aromatic rings. The molecule has 0 saturated heterocycles. The second-order valence-electron chi connectivity index (χ2n) is 5.75. The number of thioether (sulfide) groups is 1. The first-order valence-electron chi connectivity index (χ1n) is 8.30. The van der Waals surface area contributed by atoms with Crippen molar-refractivity contribution < 1.29 is 17.9 Å². The molecule has 0 aliphatic heterocycles. The minimum atomic E-state index is -3.57. The Morgan fingerprint density at radius 2 is 1.86 bits per heavy atom. The lowest BCUT2D eigenvalue weighted by Gasteiger charge is -2.09. The molecule has 0 fully saturated rings. The fraction of sp³-hybridized carbons (Fsp3) is 0.105. The van der Waals surface area contributed by atoms with Gasteiger partial charge in [0.05, 0.1) is 17.9 Å². The van der Waals surface area contributed by atoms with Crippen molar-refractivity contribution >= 4 is 62.0 Å². The van der Waals surface area contributed by atoms with Gasteiger partial charge in [0.1, 0.15) is 9.96 Å². The number of nitrogens with one attached hydrogen (secondary N) is 2. The van der Waals surface area contributed by atoms with Crippen molar-refractivity contribution in [2.75, 3.05) is 22.9 Å². The zero-order valence-corrected chi connectivity index (χ0v) is 18.4. The molecule has 1 heterocycles. The summed E-state index contributed by atoms with van der Waals surface area (Å²) in [6, 6.07) is 15.1. The predicted octanol–water partition coefficient (Wildman–Crippen LogP) is 4.94. The molecular formula is C19H17ClN2O4S3. The summed E-state index contributed by atoms with van der Waals surface area (Å²) < 4.78 is 32.3. The van der Waals surface area contributed by atoms with Crippen molar-refractivity contribution in [2.45, 2.75) is 9.10 Å². The molecule has 10 heteroatoms. The van der Waals surface area contributed by atoms with Crippen molar-refractivity contribution in [3.8, 4) is 5.75 Å². The number of ether oxygens (including phenoxy) is 1. The number of amides is 1. The number of carbonyl (C=O) groups excluding carboxylic acids is 1. The molecule has 3 rings (SSSR count). The van der Waals surface area contributed by atoms with Crippen LogP contribution in [-0.2, 0) is 14.8 Å². The van der Waals surface area contributed by atoms with Crippen LogP contribution in [0.4, 0.5) is 11.4 Å². The van der Waals surface area contributed by atoms with Gasteiger partial charge < -0.3 is 10.1 Å². The highest BCUT2D eigenvalue weighted by molar-refractivity contribution is 8.00. The molecule has 6 nitrogen and oxygen atoms in total. The lowest BCUT2D eigenvalue weighted by atomic mass is 10.3. The van der Waals surface area contributed by atoms with Crippen LogP contribution in [0.25, 0.3) is 0 Å². The maximum absolute atomic E-state index is 12.2. The highest BCUT2D eigenvalue weighted by Gasteiger charge is 2.15. The number of hydrogen-bond donors (Lipinski definition) is 2. The Kier molecular flexibility index (Phi) is 7.07. The number of thiophene rings is 1. The fourth-order valence-corrected chi connectivity index (χ4v) is 5.34. The summed E-state index contributed by atoms with van der Waals surface area (Å²) in [6.45, 7) is 0. The van der Waals surface area contributed by atoms with Crippen molar-refractivity contribution in [3.05, 3.63) is 65.0 Å². The van der Waals surface area contributed by atoms with E-state index in [1.54, 1.807) is 60.0 Å². The molecule has 0 aliphatic carbocycles. The van der Waals surface area contributed by atoms with Gasteiger partial charge in [-0.15, -0.1) is 23.1 Å². The number of carbonyl (C=O) groups is 1. The van der Waals surface area contributed by atoms with Gasteiger partial charge >= 0.3 is 0 Å². The molecule has 1 amide bonds. The quantitative estimate of drug-likeness (QED) is 0.457. The van der Waals surface area contributed by atoms with E-state index >= 15 is 0 Å². The summed E-state index contributed by atoms with van der Waals surface area (Å²) in [6.07, 6.45) is 0. The maximum Gasteiger partial charge on any atom is 0.271 e. The van der Waals surface area contributed by atoms with Crippen LogP contribution in [0.1, 0.15) is 0 Å². The largest absolute Gasteiger partial charge is 0.495 e. The minimum Gasteiger partial charge on any atom is -0.495 e. The summed E-state index contributed by atoms with van der Waals surface area (Å²) in [7, 11) is -2.05. The average Bonchev–Trinajstić information content (AvgIpc) is 3.23. The van der Waals surface area contributed by atoms with Crippen LogP contribution in [0.2, 0.25) is 5.02 Å². The molecule has 29 heavy (non-hydrogen) atoms. The maximum atomic E-state index is 12.2. The number of rotatable bonds is 8. The molecule has 0 saturated carbocycles. The first-order chi connectivity index (χ1) is 13.9. The van der Waals surface area contributed by atoms with Crippen molar-refractivity contribution in [1.82, 2.24) is 0 Å². The smallest absolute Gasteiger partial charge is 0.271 e. The highest BCUT2D eigenvalue weighted by Crippen LogP contribution is 2.28. The number of halogens is 1. The van der Waals surface area contributed by atoms with Crippen LogP contribution >= 0.6 is 34.7 Å². The Bertz CT molecular complexity index is 1090. The zero-order chi connectivity index (χ0) is 20.9. The van der Waals surface area contributed by atoms with Crippen molar-refractivity contribution in [3.63, 3.8) is 0 Å². The van der Waals surface area contributed by atoms with E-state index in [0.29, 0.717) is 22.1 Å².